The van der Waals surface area contributed by atoms with Crippen LogP contribution in [0.25, 0.3) is 0 Å². The fraction of sp³-hybridized carbons (Fsp3) is 0.368. The molecule has 2 atom stereocenters. The molecule has 0 aliphatic carbocycles. The highest BCUT2D eigenvalue weighted by Crippen LogP contribution is 2.29. The van der Waals surface area contributed by atoms with Crippen LogP contribution in [-0.4, -0.2) is 11.2 Å². The topological polar surface area (TPSA) is 29.5 Å². The molecule has 2 heteroatoms. The smallest absolute Gasteiger partial charge is 0.131 e. The van der Waals surface area contributed by atoms with E-state index in [0.29, 0.717) is 0 Å². The largest absolute Gasteiger partial charge is 0.487 e. The minimum Gasteiger partial charge on any atom is -0.487 e. The number of hydrogen-bond acceptors (Lipinski definition) is 2. The van der Waals surface area contributed by atoms with Crippen molar-refractivity contribution in [1.82, 2.24) is 0 Å². The minimum atomic E-state index is -0.633. The molecule has 2 aromatic carbocycles. The maximum Gasteiger partial charge on any atom is 0.131 e. The quantitative estimate of drug-likeness (QED) is 0.879. The molecule has 1 N–H and O–H groups in total. The van der Waals surface area contributed by atoms with E-state index in [1.807, 2.05) is 42.5 Å². The third-order valence-electron chi connectivity index (χ3n) is 3.93. The monoisotopic (exact) mass is 284 g/mol. The van der Waals surface area contributed by atoms with E-state index in [4.69, 9.17) is 4.74 Å². The van der Waals surface area contributed by atoms with Gasteiger partial charge >= 0.3 is 0 Å². The van der Waals surface area contributed by atoms with Crippen molar-refractivity contribution in [3.63, 3.8) is 0 Å². The van der Waals surface area contributed by atoms with Gasteiger partial charge in [0, 0.05) is 0 Å². The van der Waals surface area contributed by atoms with Crippen LogP contribution in [0.3, 0.4) is 0 Å². The normalized spacial score (nSPS) is 14.0. The molecule has 0 bridgehead atoms. The van der Waals surface area contributed by atoms with Gasteiger partial charge in [0.05, 0.1) is 0 Å². The fourth-order valence-corrected chi connectivity index (χ4v) is 2.40. The standard InChI is InChI=1S/C19H24O2/c1-13(2)19(18(20)16-10-6-5-7-11-16)21-17-12-8-9-14(3)15(17)4/h5-13,18-20H,1-4H3. The highest BCUT2D eigenvalue weighted by molar-refractivity contribution is 5.38. The molecular formula is C19H24O2. The zero-order chi connectivity index (χ0) is 15.4. The van der Waals surface area contributed by atoms with Gasteiger partial charge in [0.25, 0.3) is 0 Å². The van der Waals surface area contributed by atoms with Gasteiger partial charge in [-0.3, -0.25) is 0 Å². The lowest BCUT2D eigenvalue weighted by Crippen LogP contribution is -2.31. The van der Waals surface area contributed by atoms with Crippen molar-refractivity contribution in [2.24, 2.45) is 5.92 Å². The summed E-state index contributed by atoms with van der Waals surface area (Å²) in [6, 6.07) is 15.7. The van der Waals surface area contributed by atoms with Crippen LogP contribution >= 0.6 is 0 Å². The SMILES string of the molecule is Cc1cccc(OC(C(C)C)C(O)c2ccccc2)c1C. The molecule has 0 saturated carbocycles. The van der Waals surface area contributed by atoms with E-state index in [2.05, 4.69) is 33.8 Å². The summed E-state index contributed by atoms with van der Waals surface area (Å²) in [5, 5.41) is 10.6. The van der Waals surface area contributed by atoms with Gasteiger partial charge in [-0.2, -0.15) is 0 Å². The summed E-state index contributed by atoms with van der Waals surface area (Å²) in [5.74, 6) is 1.06. The maximum atomic E-state index is 10.6. The van der Waals surface area contributed by atoms with E-state index < -0.39 is 6.10 Å². The molecule has 0 spiro atoms. The molecule has 2 aromatic rings. The van der Waals surface area contributed by atoms with E-state index >= 15 is 0 Å². The van der Waals surface area contributed by atoms with Crippen molar-refractivity contribution in [2.45, 2.75) is 39.9 Å². The van der Waals surface area contributed by atoms with Gasteiger partial charge in [0.2, 0.25) is 0 Å². The summed E-state index contributed by atoms with van der Waals surface area (Å²) in [6.07, 6.45) is -0.904. The van der Waals surface area contributed by atoms with Crippen LogP contribution in [-0.2, 0) is 0 Å². The Bertz CT molecular complexity index is 575. The molecule has 112 valence electrons. The summed E-state index contributed by atoms with van der Waals surface area (Å²) in [6.45, 7) is 8.26. The van der Waals surface area contributed by atoms with Crippen LogP contribution in [0.4, 0.5) is 0 Å². The van der Waals surface area contributed by atoms with Gasteiger partial charge in [-0.1, -0.05) is 56.3 Å². The molecule has 0 saturated heterocycles. The Morgan fingerprint density at radius 1 is 0.905 bits per heavy atom. The maximum absolute atomic E-state index is 10.6. The van der Waals surface area contributed by atoms with Crippen LogP contribution in [0.5, 0.6) is 5.75 Å². The molecule has 0 fully saturated rings. The molecule has 2 nitrogen and oxygen atoms in total. The van der Waals surface area contributed by atoms with E-state index in [0.717, 1.165) is 16.9 Å². The Morgan fingerprint density at radius 2 is 1.57 bits per heavy atom. The Balaban J connectivity index is 2.26. The summed E-state index contributed by atoms with van der Waals surface area (Å²) in [7, 11) is 0. The molecule has 0 heterocycles. The number of benzene rings is 2. The van der Waals surface area contributed by atoms with E-state index in [-0.39, 0.29) is 12.0 Å². The van der Waals surface area contributed by atoms with Crippen molar-refractivity contribution < 1.29 is 9.84 Å². The number of hydrogen-bond donors (Lipinski definition) is 1. The number of aliphatic hydroxyl groups excluding tert-OH is 1. The van der Waals surface area contributed by atoms with Crippen LogP contribution in [0, 0.1) is 19.8 Å². The second kappa shape index (κ2) is 6.77. The average Bonchev–Trinajstić information content (AvgIpc) is 2.48. The first-order valence-electron chi connectivity index (χ1n) is 7.46. The number of ether oxygens (including phenoxy) is 1. The summed E-state index contributed by atoms with van der Waals surface area (Å²) in [4.78, 5) is 0. The van der Waals surface area contributed by atoms with Gasteiger partial charge in [-0.15, -0.1) is 0 Å². The number of aryl methyl sites for hydroxylation is 1. The summed E-state index contributed by atoms with van der Waals surface area (Å²) < 4.78 is 6.15. The highest BCUT2D eigenvalue weighted by Gasteiger charge is 2.26. The molecule has 0 aliphatic heterocycles. The minimum absolute atomic E-state index is 0.208. The first kappa shape index (κ1) is 15.6. The van der Waals surface area contributed by atoms with Crippen LogP contribution in [0.2, 0.25) is 0 Å². The van der Waals surface area contributed by atoms with E-state index in [1.54, 1.807) is 0 Å². The van der Waals surface area contributed by atoms with Crippen molar-refractivity contribution in [3.8, 4) is 5.75 Å². The second-order valence-electron chi connectivity index (χ2n) is 5.88. The Kier molecular flexibility index (Phi) is 5.03. The van der Waals surface area contributed by atoms with Crippen molar-refractivity contribution in [3.05, 3.63) is 65.2 Å². The Labute approximate surface area is 127 Å². The lowest BCUT2D eigenvalue weighted by Gasteiger charge is -2.28. The highest BCUT2D eigenvalue weighted by atomic mass is 16.5. The van der Waals surface area contributed by atoms with Crippen LogP contribution in [0.15, 0.2) is 48.5 Å². The second-order valence-corrected chi connectivity index (χ2v) is 5.88. The van der Waals surface area contributed by atoms with Gasteiger partial charge in [-0.25, -0.2) is 0 Å². The lowest BCUT2D eigenvalue weighted by atomic mass is 9.95. The average molecular weight is 284 g/mol. The molecule has 2 rings (SSSR count). The number of rotatable bonds is 5. The van der Waals surface area contributed by atoms with E-state index in [1.165, 1.54) is 5.56 Å². The van der Waals surface area contributed by atoms with Crippen molar-refractivity contribution in [1.29, 1.82) is 0 Å². The predicted molar refractivity (Wildman–Crippen MR) is 86.6 cm³/mol. The van der Waals surface area contributed by atoms with Crippen molar-refractivity contribution >= 4 is 0 Å². The molecule has 21 heavy (non-hydrogen) atoms. The van der Waals surface area contributed by atoms with Gasteiger partial charge in [0.1, 0.15) is 18.0 Å². The molecule has 0 radical (unpaired) electrons. The van der Waals surface area contributed by atoms with E-state index in [9.17, 15) is 5.11 Å². The van der Waals surface area contributed by atoms with Crippen molar-refractivity contribution in [2.75, 3.05) is 0 Å². The Morgan fingerprint density at radius 3 is 2.19 bits per heavy atom. The molecule has 2 unspecified atom stereocenters. The summed E-state index contributed by atoms with van der Waals surface area (Å²) in [5.41, 5.74) is 3.22. The Hall–Kier alpha value is -1.80. The predicted octanol–water partition coefficient (Wildman–Crippen LogP) is 4.44. The lowest BCUT2D eigenvalue weighted by molar-refractivity contribution is 0.00748. The first-order chi connectivity index (χ1) is 10.0. The summed E-state index contributed by atoms with van der Waals surface area (Å²) >= 11 is 0. The molecular weight excluding hydrogens is 260 g/mol. The zero-order valence-electron chi connectivity index (χ0n) is 13.2. The van der Waals surface area contributed by atoms with Crippen LogP contribution < -0.4 is 4.74 Å². The third kappa shape index (κ3) is 3.64. The fourth-order valence-electron chi connectivity index (χ4n) is 2.40. The van der Waals surface area contributed by atoms with Gasteiger partial charge in [-0.05, 0) is 42.5 Å². The van der Waals surface area contributed by atoms with Gasteiger partial charge < -0.3 is 9.84 Å². The number of aliphatic hydroxyl groups is 1. The third-order valence-corrected chi connectivity index (χ3v) is 3.93. The molecule has 0 amide bonds. The van der Waals surface area contributed by atoms with Gasteiger partial charge in [0.15, 0.2) is 0 Å². The molecule has 0 aromatic heterocycles. The van der Waals surface area contributed by atoms with Crippen LogP contribution in [0.1, 0.15) is 36.6 Å². The molecule has 0 aliphatic rings. The first-order valence-corrected chi connectivity index (χ1v) is 7.46. The zero-order valence-corrected chi connectivity index (χ0v) is 13.2.